The van der Waals surface area contributed by atoms with Crippen LogP contribution in [0, 0.1) is 6.92 Å². The van der Waals surface area contributed by atoms with Crippen LogP contribution in [0.2, 0.25) is 0 Å². The Labute approximate surface area is 110 Å². The zero-order valence-electron chi connectivity index (χ0n) is 11.5. The second kappa shape index (κ2) is 6.21. The lowest BCUT2D eigenvalue weighted by Gasteiger charge is -2.33. The van der Waals surface area contributed by atoms with Crippen LogP contribution >= 0.6 is 0 Å². The van der Waals surface area contributed by atoms with Crippen molar-refractivity contribution in [1.29, 1.82) is 0 Å². The fraction of sp³-hybridized carbons (Fsp3) is 0.600. The molecule has 2 rings (SSSR count). The predicted octanol–water partition coefficient (Wildman–Crippen LogP) is 2.46. The van der Waals surface area contributed by atoms with Gasteiger partial charge in [0.2, 0.25) is 0 Å². The molecule has 0 atom stereocenters. The van der Waals surface area contributed by atoms with Gasteiger partial charge in [-0.05, 0) is 49.9 Å². The molecule has 1 aliphatic heterocycles. The van der Waals surface area contributed by atoms with Gasteiger partial charge in [-0.15, -0.1) is 0 Å². The Morgan fingerprint density at radius 2 is 2.06 bits per heavy atom. The van der Waals surface area contributed by atoms with Gasteiger partial charge in [0, 0.05) is 31.9 Å². The van der Waals surface area contributed by atoms with E-state index in [1.54, 1.807) is 0 Å². The Morgan fingerprint density at radius 3 is 2.61 bits per heavy atom. The molecule has 100 valence electrons. The van der Waals surface area contributed by atoms with Crippen molar-refractivity contribution in [3.05, 3.63) is 29.3 Å². The van der Waals surface area contributed by atoms with Crippen LogP contribution in [0.5, 0.6) is 0 Å². The number of rotatable bonds is 4. The largest absolute Gasteiger partial charge is 0.378 e. The second-order valence-corrected chi connectivity index (χ2v) is 4.96. The molecule has 0 bridgehead atoms. The van der Waals surface area contributed by atoms with E-state index in [9.17, 15) is 0 Å². The number of hydrogen-bond acceptors (Lipinski definition) is 3. The van der Waals surface area contributed by atoms with Crippen molar-refractivity contribution in [2.24, 2.45) is 5.73 Å². The van der Waals surface area contributed by atoms with Crippen LogP contribution in [0.15, 0.2) is 18.2 Å². The van der Waals surface area contributed by atoms with Gasteiger partial charge in [0.25, 0.3) is 0 Å². The average molecular weight is 248 g/mol. The van der Waals surface area contributed by atoms with Crippen molar-refractivity contribution >= 4 is 5.69 Å². The molecule has 0 aliphatic carbocycles. The summed E-state index contributed by atoms with van der Waals surface area (Å²) in [6, 6.07) is 6.60. The summed E-state index contributed by atoms with van der Waals surface area (Å²) in [4.78, 5) is 2.45. The van der Waals surface area contributed by atoms with Crippen LogP contribution in [-0.2, 0) is 11.3 Å². The Hall–Kier alpha value is -1.06. The lowest BCUT2D eigenvalue weighted by atomic mass is 10.0. The summed E-state index contributed by atoms with van der Waals surface area (Å²) in [6.45, 7) is 7.84. The van der Waals surface area contributed by atoms with E-state index >= 15 is 0 Å². The van der Waals surface area contributed by atoms with Gasteiger partial charge in [-0.1, -0.05) is 6.07 Å². The number of nitrogens with two attached hydrogens (primary N) is 1. The molecule has 1 fully saturated rings. The van der Waals surface area contributed by atoms with Crippen LogP contribution in [0.1, 0.15) is 30.9 Å². The van der Waals surface area contributed by atoms with Gasteiger partial charge >= 0.3 is 0 Å². The third-order valence-electron chi connectivity index (χ3n) is 3.76. The molecule has 1 heterocycles. The molecule has 1 aliphatic rings. The first kappa shape index (κ1) is 13.4. The molecule has 1 saturated heterocycles. The van der Waals surface area contributed by atoms with Crippen LogP contribution < -0.4 is 10.6 Å². The molecule has 0 unspecified atom stereocenters. The number of nitrogens with zero attached hydrogens (tertiary/aromatic N) is 1. The maximum atomic E-state index is 5.70. The Morgan fingerprint density at radius 1 is 1.33 bits per heavy atom. The summed E-state index contributed by atoms with van der Waals surface area (Å²) in [5, 5.41) is 0. The van der Waals surface area contributed by atoms with E-state index in [1.807, 2.05) is 0 Å². The standard InChI is InChI=1S/C15H24N2O/c1-3-18-15-6-8-17(9-7-15)14-5-4-13(11-16)12(2)10-14/h4-5,10,15H,3,6-9,11,16H2,1-2H3. The molecule has 0 aromatic heterocycles. The average Bonchev–Trinajstić information content (AvgIpc) is 2.40. The second-order valence-electron chi connectivity index (χ2n) is 4.96. The van der Waals surface area contributed by atoms with E-state index in [4.69, 9.17) is 10.5 Å². The molecule has 3 heteroatoms. The molecule has 0 spiro atoms. The molecule has 0 saturated carbocycles. The smallest absolute Gasteiger partial charge is 0.0608 e. The van der Waals surface area contributed by atoms with Gasteiger partial charge in [0.1, 0.15) is 0 Å². The zero-order chi connectivity index (χ0) is 13.0. The Bertz CT molecular complexity index is 384. The summed E-state index contributed by atoms with van der Waals surface area (Å²) >= 11 is 0. The number of anilines is 1. The lowest BCUT2D eigenvalue weighted by molar-refractivity contribution is 0.0459. The van der Waals surface area contributed by atoms with E-state index < -0.39 is 0 Å². The maximum Gasteiger partial charge on any atom is 0.0608 e. The van der Waals surface area contributed by atoms with Crippen molar-refractivity contribution in [2.45, 2.75) is 39.3 Å². The number of ether oxygens (including phenoxy) is 1. The third kappa shape index (κ3) is 3.03. The molecule has 18 heavy (non-hydrogen) atoms. The zero-order valence-corrected chi connectivity index (χ0v) is 11.5. The molecule has 1 aromatic rings. The van der Waals surface area contributed by atoms with E-state index in [-0.39, 0.29) is 0 Å². The van der Waals surface area contributed by atoms with Gasteiger partial charge < -0.3 is 15.4 Å². The summed E-state index contributed by atoms with van der Waals surface area (Å²) in [5.74, 6) is 0. The summed E-state index contributed by atoms with van der Waals surface area (Å²) < 4.78 is 5.68. The molecule has 2 N–H and O–H groups in total. The summed E-state index contributed by atoms with van der Waals surface area (Å²) in [6.07, 6.45) is 2.72. The van der Waals surface area contributed by atoms with Crippen molar-refractivity contribution in [3.63, 3.8) is 0 Å². The molecule has 1 aromatic carbocycles. The first-order valence-corrected chi connectivity index (χ1v) is 6.90. The molecule has 0 amide bonds. The van der Waals surface area contributed by atoms with E-state index in [0.717, 1.165) is 32.5 Å². The third-order valence-corrected chi connectivity index (χ3v) is 3.76. The fourth-order valence-corrected chi connectivity index (χ4v) is 2.62. The van der Waals surface area contributed by atoms with Crippen LogP contribution in [0.25, 0.3) is 0 Å². The molecular weight excluding hydrogens is 224 g/mol. The van der Waals surface area contributed by atoms with E-state index in [0.29, 0.717) is 12.6 Å². The fourth-order valence-electron chi connectivity index (χ4n) is 2.62. The maximum absolute atomic E-state index is 5.70. The van der Waals surface area contributed by atoms with Gasteiger partial charge in [-0.3, -0.25) is 0 Å². The number of aryl methyl sites for hydroxylation is 1. The van der Waals surface area contributed by atoms with Crippen LogP contribution in [0.3, 0.4) is 0 Å². The number of benzene rings is 1. The monoisotopic (exact) mass is 248 g/mol. The van der Waals surface area contributed by atoms with Crippen molar-refractivity contribution in [2.75, 3.05) is 24.6 Å². The van der Waals surface area contributed by atoms with Crippen molar-refractivity contribution in [3.8, 4) is 0 Å². The van der Waals surface area contributed by atoms with E-state index in [2.05, 4.69) is 36.9 Å². The van der Waals surface area contributed by atoms with Crippen molar-refractivity contribution < 1.29 is 4.74 Å². The topological polar surface area (TPSA) is 38.5 Å². The first-order valence-electron chi connectivity index (χ1n) is 6.90. The lowest BCUT2D eigenvalue weighted by Crippen LogP contribution is -2.37. The van der Waals surface area contributed by atoms with Gasteiger partial charge in [0.15, 0.2) is 0 Å². The minimum absolute atomic E-state index is 0.454. The quantitative estimate of drug-likeness (QED) is 0.889. The molecule has 3 nitrogen and oxygen atoms in total. The van der Waals surface area contributed by atoms with Crippen LogP contribution in [-0.4, -0.2) is 25.8 Å². The Kier molecular flexibility index (Phi) is 4.61. The number of hydrogen-bond donors (Lipinski definition) is 1. The Balaban J connectivity index is 1.99. The molecular formula is C15H24N2O. The van der Waals surface area contributed by atoms with E-state index in [1.165, 1.54) is 16.8 Å². The highest BCUT2D eigenvalue weighted by molar-refractivity contribution is 5.51. The molecule has 0 radical (unpaired) electrons. The SMILES string of the molecule is CCOC1CCN(c2ccc(CN)c(C)c2)CC1. The normalized spacial score (nSPS) is 17.2. The van der Waals surface area contributed by atoms with Gasteiger partial charge in [0.05, 0.1) is 6.10 Å². The van der Waals surface area contributed by atoms with Crippen LogP contribution in [0.4, 0.5) is 5.69 Å². The predicted molar refractivity (Wildman–Crippen MR) is 75.9 cm³/mol. The highest BCUT2D eigenvalue weighted by Crippen LogP contribution is 2.23. The first-order chi connectivity index (χ1) is 8.74. The van der Waals surface area contributed by atoms with Crippen molar-refractivity contribution in [1.82, 2.24) is 0 Å². The summed E-state index contributed by atoms with van der Waals surface area (Å²) in [5.41, 5.74) is 9.55. The summed E-state index contributed by atoms with van der Waals surface area (Å²) in [7, 11) is 0. The van der Waals surface area contributed by atoms with Gasteiger partial charge in [-0.2, -0.15) is 0 Å². The number of piperidine rings is 1. The van der Waals surface area contributed by atoms with Gasteiger partial charge in [-0.25, -0.2) is 0 Å². The minimum atomic E-state index is 0.454. The minimum Gasteiger partial charge on any atom is -0.378 e. The highest BCUT2D eigenvalue weighted by Gasteiger charge is 2.19. The highest BCUT2D eigenvalue weighted by atomic mass is 16.5.